The minimum Gasteiger partial charge on any atom is -0.371 e. The summed E-state index contributed by atoms with van der Waals surface area (Å²) >= 11 is 0. The molecule has 2 fully saturated rings. The van der Waals surface area contributed by atoms with Gasteiger partial charge in [0.15, 0.2) is 0 Å². The number of ether oxygens (including phenoxy) is 1. The van der Waals surface area contributed by atoms with Crippen LogP contribution in [0, 0.1) is 11.3 Å². The molecule has 1 aromatic rings. The summed E-state index contributed by atoms with van der Waals surface area (Å²) in [4.78, 5) is 2.32. The van der Waals surface area contributed by atoms with E-state index in [4.69, 9.17) is 4.74 Å². The summed E-state index contributed by atoms with van der Waals surface area (Å²) in [5, 5.41) is 12.9. The zero-order chi connectivity index (χ0) is 14.8. The van der Waals surface area contributed by atoms with Crippen LogP contribution in [0.25, 0.3) is 0 Å². The fourth-order valence-corrected chi connectivity index (χ4v) is 3.19. The maximum Gasteiger partial charge on any atom is 0.101 e. The highest BCUT2D eigenvalue weighted by Crippen LogP contribution is 2.31. The van der Waals surface area contributed by atoms with Gasteiger partial charge in [0.25, 0.3) is 0 Å². The molecule has 2 aliphatic rings. The average molecular weight is 285 g/mol. The molecule has 2 heterocycles. The van der Waals surface area contributed by atoms with E-state index in [0.717, 1.165) is 43.7 Å². The van der Waals surface area contributed by atoms with Crippen molar-refractivity contribution >= 4 is 5.69 Å². The minimum atomic E-state index is 0.345. The minimum absolute atomic E-state index is 0.345. The summed E-state index contributed by atoms with van der Waals surface area (Å²) in [6, 6.07) is 9.05. The van der Waals surface area contributed by atoms with Crippen LogP contribution in [0.2, 0.25) is 0 Å². The van der Waals surface area contributed by atoms with E-state index >= 15 is 0 Å². The van der Waals surface area contributed by atoms with Crippen LogP contribution in [-0.4, -0.2) is 31.3 Å². The van der Waals surface area contributed by atoms with Gasteiger partial charge in [0.05, 0.1) is 23.5 Å². The third-order valence-electron chi connectivity index (χ3n) is 4.28. The molecule has 0 amide bonds. The molecular formula is C17H23N3O. The molecule has 1 N–H and O–H groups in total. The van der Waals surface area contributed by atoms with Crippen molar-refractivity contribution in [2.75, 3.05) is 18.0 Å². The predicted molar refractivity (Wildman–Crippen MR) is 83.2 cm³/mol. The zero-order valence-corrected chi connectivity index (χ0v) is 12.8. The van der Waals surface area contributed by atoms with Crippen LogP contribution in [0.3, 0.4) is 0 Å². The Balaban J connectivity index is 1.77. The fraction of sp³-hybridized carbons (Fsp3) is 0.588. The summed E-state index contributed by atoms with van der Waals surface area (Å²) in [6.07, 6.45) is 2.99. The number of nitriles is 1. The Labute approximate surface area is 126 Å². The van der Waals surface area contributed by atoms with Gasteiger partial charge >= 0.3 is 0 Å². The number of hydrogen-bond donors (Lipinski definition) is 1. The first-order valence-electron chi connectivity index (χ1n) is 7.82. The Morgan fingerprint density at radius 1 is 1.33 bits per heavy atom. The summed E-state index contributed by atoms with van der Waals surface area (Å²) in [6.45, 7) is 6.89. The summed E-state index contributed by atoms with van der Waals surface area (Å²) in [5.41, 5.74) is 3.01. The molecule has 2 bridgehead atoms. The second kappa shape index (κ2) is 6.05. The van der Waals surface area contributed by atoms with Gasteiger partial charge < -0.3 is 15.0 Å². The van der Waals surface area contributed by atoms with E-state index in [-0.39, 0.29) is 0 Å². The van der Waals surface area contributed by atoms with Gasteiger partial charge in [0, 0.05) is 25.7 Å². The number of rotatable bonds is 4. The number of morpholine rings is 1. The second-order valence-electron chi connectivity index (χ2n) is 6.36. The first kappa shape index (κ1) is 14.4. The van der Waals surface area contributed by atoms with Crippen LogP contribution < -0.4 is 10.2 Å². The lowest BCUT2D eigenvalue weighted by molar-refractivity contribution is 0.0305. The van der Waals surface area contributed by atoms with Gasteiger partial charge in [-0.25, -0.2) is 0 Å². The molecule has 0 spiro atoms. The highest BCUT2D eigenvalue weighted by atomic mass is 16.5. The standard InChI is InChI=1S/C17H23N3O/c1-12(2)19-9-13-3-6-17(14(7-13)8-18)20-10-15-4-5-16(11-20)21-15/h3,6-7,12,15-16,19H,4-5,9-11H2,1-2H3. The molecule has 0 aliphatic carbocycles. The molecule has 4 nitrogen and oxygen atoms in total. The van der Waals surface area contributed by atoms with Gasteiger partial charge in [-0.05, 0) is 30.5 Å². The molecule has 2 saturated heterocycles. The monoisotopic (exact) mass is 285 g/mol. The number of benzene rings is 1. The highest BCUT2D eigenvalue weighted by Gasteiger charge is 2.34. The SMILES string of the molecule is CC(C)NCc1ccc(N2CC3CCC(C2)O3)c(C#N)c1. The molecule has 3 rings (SSSR count). The third kappa shape index (κ3) is 3.20. The first-order valence-corrected chi connectivity index (χ1v) is 7.82. The van der Waals surface area contributed by atoms with Crippen LogP contribution in [-0.2, 0) is 11.3 Å². The van der Waals surface area contributed by atoms with E-state index in [1.165, 1.54) is 5.56 Å². The lowest BCUT2D eigenvalue weighted by atomic mass is 10.1. The van der Waals surface area contributed by atoms with Crippen LogP contribution >= 0.6 is 0 Å². The largest absolute Gasteiger partial charge is 0.371 e. The van der Waals surface area contributed by atoms with E-state index in [0.29, 0.717) is 18.2 Å². The van der Waals surface area contributed by atoms with Crippen molar-refractivity contribution in [1.82, 2.24) is 5.32 Å². The number of anilines is 1. The normalized spacial score (nSPS) is 24.4. The molecule has 1 aromatic carbocycles. The Bertz CT molecular complexity index is 537. The molecule has 112 valence electrons. The number of nitrogens with one attached hydrogen (secondary N) is 1. The van der Waals surface area contributed by atoms with Crippen molar-refractivity contribution in [2.24, 2.45) is 0 Å². The van der Waals surface area contributed by atoms with Crippen LogP contribution in [0.1, 0.15) is 37.8 Å². The summed E-state index contributed by atoms with van der Waals surface area (Å²) in [5.74, 6) is 0. The molecule has 0 saturated carbocycles. The van der Waals surface area contributed by atoms with Crippen molar-refractivity contribution in [3.63, 3.8) is 0 Å². The molecule has 0 aromatic heterocycles. The summed E-state index contributed by atoms with van der Waals surface area (Å²) < 4.78 is 5.88. The Hall–Kier alpha value is -1.57. The van der Waals surface area contributed by atoms with Crippen molar-refractivity contribution in [1.29, 1.82) is 5.26 Å². The second-order valence-corrected chi connectivity index (χ2v) is 6.36. The van der Waals surface area contributed by atoms with Gasteiger partial charge in [-0.1, -0.05) is 19.9 Å². The smallest absolute Gasteiger partial charge is 0.101 e. The van der Waals surface area contributed by atoms with Gasteiger partial charge in [0.2, 0.25) is 0 Å². The molecule has 0 radical (unpaired) electrons. The van der Waals surface area contributed by atoms with Crippen LogP contribution in [0.5, 0.6) is 0 Å². The maximum absolute atomic E-state index is 9.47. The van der Waals surface area contributed by atoms with Crippen molar-refractivity contribution in [3.8, 4) is 6.07 Å². The topological polar surface area (TPSA) is 48.3 Å². The number of nitrogens with zero attached hydrogens (tertiary/aromatic N) is 2. The number of hydrogen-bond acceptors (Lipinski definition) is 4. The first-order chi connectivity index (χ1) is 10.2. The van der Waals surface area contributed by atoms with E-state index in [1.807, 2.05) is 6.07 Å². The third-order valence-corrected chi connectivity index (χ3v) is 4.28. The van der Waals surface area contributed by atoms with Crippen LogP contribution in [0.15, 0.2) is 18.2 Å². The molecule has 2 aliphatic heterocycles. The van der Waals surface area contributed by atoms with Crippen molar-refractivity contribution < 1.29 is 4.74 Å². The molecule has 2 atom stereocenters. The maximum atomic E-state index is 9.47. The molecule has 4 heteroatoms. The van der Waals surface area contributed by atoms with Crippen LogP contribution in [0.4, 0.5) is 5.69 Å². The molecule has 2 unspecified atom stereocenters. The summed E-state index contributed by atoms with van der Waals surface area (Å²) in [7, 11) is 0. The van der Waals surface area contributed by atoms with E-state index in [2.05, 4.69) is 42.3 Å². The molecule has 21 heavy (non-hydrogen) atoms. The van der Waals surface area contributed by atoms with Gasteiger partial charge in [-0.3, -0.25) is 0 Å². The number of fused-ring (bicyclic) bond motifs is 2. The van der Waals surface area contributed by atoms with E-state index < -0.39 is 0 Å². The Morgan fingerprint density at radius 3 is 2.67 bits per heavy atom. The Kier molecular flexibility index (Phi) is 4.14. The van der Waals surface area contributed by atoms with Crippen molar-refractivity contribution in [3.05, 3.63) is 29.3 Å². The zero-order valence-electron chi connectivity index (χ0n) is 12.8. The van der Waals surface area contributed by atoms with E-state index in [1.54, 1.807) is 0 Å². The van der Waals surface area contributed by atoms with Gasteiger partial charge in [-0.2, -0.15) is 5.26 Å². The van der Waals surface area contributed by atoms with Gasteiger partial charge in [-0.15, -0.1) is 0 Å². The predicted octanol–water partition coefficient (Wildman–Crippen LogP) is 2.42. The highest BCUT2D eigenvalue weighted by molar-refractivity contribution is 5.61. The lowest BCUT2D eigenvalue weighted by Crippen LogP contribution is -2.43. The Morgan fingerprint density at radius 2 is 2.05 bits per heavy atom. The van der Waals surface area contributed by atoms with Gasteiger partial charge in [0.1, 0.15) is 6.07 Å². The van der Waals surface area contributed by atoms with Crippen molar-refractivity contribution in [2.45, 2.75) is 51.5 Å². The fourth-order valence-electron chi connectivity index (χ4n) is 3.19. The lowest BCUT2D eigenvalue weighted by Gasteiger charge is -2.34. The quantitative estimate of drug-likeness (QED) is 0.923. The molecular weight excluding hydrogens is 262 g/mol. The average Bonchev–Trinajstić information content (AvgIpc) is 2.83. The van der Waals surface area contributed by atoms with E-state index in [9.17, 15) is 5.26 Å².